The molecule has 2 heterocycles. The van der Waals surface area contributed by atoms with Crippen LogP contribution in [0.1, 0.15) is 26.5 Å². The van der Waals surface area contributed by atoms with E-state index in [0.29, 0.717) is 18.9 Å². The van der Waals surface area contributed by atoms with Crippen LogP contribution in [-0.4, -0.2) is 52.9 Å². The van der Waals surface area contributed by atoms with Crippen molar-refractivity contribution in [3.05, 3.63) is 18.1 Å². The highest BCUT2D eigenvalue weighted by molar-refractivity contribution is 5.73. The Morgan fingerprint density at radius 2 is 1.70 bits per heavy atom. The molecule has 0 bridgehead atoms. The van der Waals surface area contributed by atoms with Gasteiger partial charge in [-0.15, -0.1) is 0 Å². The topological polar surface area (TPSA) is 78.4 Å². The highest BCUT2D eigenvalue weighted by Crippen LogP contribution is 2.28. The van der Waals surface area contributed by atoms with Gasteiger partial charge < -0.3 is 15.3 Å². The minimum Gasteiger partial charge on any atom is -0.475 e. The van der Waals surface area contributed by atoms with Crippen LogP contribution in [0.5, 0.6) is 0 Å². The molecule has 12 heteroatoms. The fourth-order valence-electron chi connectivity index (χ4n) is 2.17. The van der Waals surface area contributed by atoms with Gasteiger partial charge in [0.1, 0.15) is 5.82 Å². The van der Waals surface area contributed by atoms with E-state index in [-0.39, 0.29) is 11.5 Å². The summed E-state index contributed by atoms with van der Waals surface area (Å²) in [7, 11) is 0. The van der Waals surface area contributed by atoms with E-state index in [1.165, 1.54) is 6.20 Å². The second kappa shape index (κ2) is 8.28. The minimum atomic E-state index is -5.08. The van der Waals surface area contributed by atoms with Crippen molar-refractivity contribution in [1.29, 1.82) is 0 Å². The first-order chi connectivity index (χ1) is 12.1. The van der Waals surface area contributed by atoms with E-state index in [4.69, 9.17) is 9.90 Å². The Balaban J connectivity index is 0.000000445. The van der Waals surface area contributed by atoms with Crippen molar-refractivity contribution in [3.63, 3.8) is 0 Å². The number of alkyl halides is 6. The summed E-state index contributed by atoms with van der Waals surface area (Å²) in [5.74, 6) is -2.26. The van der Waals surface area contributed by atoms with Gasteiger partial charge in [0.2, 0.25) is 0 Å². The quantitative estimate of drug-likeness (QED) is 0.704. The van der Waals surface area contributed by atoms with E-state index >= 15 is 0 Å². The number of aromatic nitrogens is 2. The predicted molar refractivity (Wildman–Crippen MR) is 84.2 cm³/mol. The van der Waals surface area contributed by atoms with Gasteiger partial charge in [-0.1, -0.05) is 20.8 Å². The van der Waals surface area contributed by atoms with E-state index in [2.05, 4.69) is 36.1 Å². The Morgan fingerprint density at radius 1 is 1.15 bits per heavy atom. The second-order valence-corrected chi connectivity index (χ2v) is 6.88. The number of nitrogens with zero attached hydrogens (tertiary/aromatic N) is 3. The molecule has 1 aromatic heterocycles. The number of carboxylic acid groups (broad SMARTS) is 1. The molecule has 1 aromatic rings. The third-order valence-electron chi connectivity index (χ3n) is 3.72. The molecule has 0 saturated carbocycles. The summed E-state index contributed by atoms with van der Waals surface area (Å²) >= 11 is 0. The molecular formula is C15H20F6N4O2. The highest BCUT2D eigenvalue weighted by Gasteiger charge is 2.38. The zero-order valence-corrected chi connectivity index (χ0v) is 14.8. The molecule has 0 aliphatic carbocycles. The number of piperazine rings is 1. The third kappa shape index (κ3) is 7.19. The van der Waals surface area contributed by atoms with Gasteiger partial charge in [0, 0.05) is 25.7 Å². The van der Waals surface area contributed by atoms with Gasteiger partial charge in [-0.2, -0.15) is 26.3 Å². The van der Waals surface area contributed by atoms with Crippen LogP contribution in [0, 0.1) is 5.41 Å². The summed E-state index contributed by atoms with van der Waals surface area (Å²) in [5, 5.41) is 10.5. The van der Waals surface area contributed by atoms with Crippen LogP contribution in [-0.2, 0) is 11.0 Å². The lowest BCUT2D eigenvalue weighted by Gasteiger charge is -2.40. The lowest BCUT2D eigenvalue weighted by atomic mass is 9.85. The van der Waals surface area contributed by atoms with Crippen LogP contribution in [0.15, 0.2) is 12.4 Å². The fourth-order valence-corrected chi connectivity index (χ4v) is 2.17. The van der Waals surface area contributed by atoms with Gasteiger partial charge in [0.05, 0.1) is 12.4 Å². The molecule has 1 unspecified atom stereocenters. The van der Waals surface area contributed by atoms with Crippen molar-refractivity contribution in [1.82, 2.24) is 15.3 Å². The van der Waals surface area contributed by atoms with E-state index in [0.717, 1.165) is 12.7 Å². The van der Waals surface area contributed by atoms with Crippen LogP contribution in [0.4, 0.5) is 32.2 Å². The first kappa shape index (κ1) is 22.9. The number of aliphatic carboxylic acids is 1. The summed E-state index contributed by atoms with van der Waals surface area (Å²) in [6.07, 6.45) is -7.53. The highest BCUT2D eigenvalue weighted by atomic mass is 19.4. The molecule has 2 rings (SSSR count). The van der Waals surface area contributed by atoms with Gasteiger partial charge in [-0.3, -0.25) is 0 Å². The molecule has 0 radical (unpaired) electrons. The molecule has 1 atom stereocenters. The van der Waals surface area contributed by atoms with Crippen LogP contribution < -0.4 is 10.2 Å². The summed E-state index contributed by atoms with van der Waals surface area (Å²) in [6, 6.07) is 0.264. The van der Waals surface area contributed by atoms with Crippen molar-refractivity contribution < 1.29 is 36.2 Å². The molecule has 0 spiro atoms. The number of carboxylic acids is 1. The van der Waals surface area contributed by atoms with Crippen LogP contribution in [0.25, 0.3) is 0 Å². The number of hydrogen-bond acceptors (Lipinski definition) is 5. The normalized spacial score (nSPS) is 18.6. The number of hydrogen-bond donors (Lipinski definition) is 2. The largest absolute Gasteiger partial charge is 0.490 e. The van der Waals surface area contributed by atoms with Crippen molar-refractivity contribution in [3.8, 4) is 0 Å². The molecule has 1 saturated heterocycles. The average Bonchev–Trinajstić information content (AvgIpc) is 2.53. The molecule has 0 aromatic carbocycles. The summed E-state index contributed by atoms with van der Waals surface area (Å²) < 4.78 is 69.1. The maximum atomic E-state index is 12.5. The molecule has 1 fully saturated rings. The molecule has 6 nitrogen and oxygen atoms in total. The number of anilines is 1. The van der Waals surface area contributed by atoms with E-state index < -0.39 is 24.0 Å². The zero-order chi connectivity index (χ0) is 21.0. The smallest absolute Gasteiger partial charge is 0.475 e. The first-order valence-corrected chi connectivity index (χ1v) is 7.80. The minimum absolute atomic E-state index is 0.0814. The Labute approximate surface area is 151 Å². The zero-order valence-electron chi connectivity index (χ0n) is 14.8. The van der Waals surface area contributed by atoms with Gasteiger partial charge >= 0.3 is 18.3 Å². The fraction of sp³-hybridized carbons (Fsp3) is 0.667. The Bertz CT molecular complexity index is 625. The van der Waals surface area contributed by atoms with Gasteiger partial charge in [-0.25, -0.2) is 14.8 Å². The molecular weight excluding hydrogens is 382 g/mol. The first-order valence-electron chi connectivity index (χ1n) is 7.80. The number of halogens is 6. The second-order valence-electron chi connectivity index (χ2n) is 6.88. The third-order valence-corrected chi connectivity index (χ3v) is 3.72. The van der Waals surface area contributed by atoms with Crippen molar-refractivity contribution in [2.45, 2.75) is 39.2 Å². The van der Waals surface area contributed by atoms with Crippen LogP contribution in [0.3, 0.4) is 0 Å². The Hall–Kier alpha value is -2.11. The number of carbonyl (C=O) groups is 1. The Kier molecular flexibility index (Phi) is 7.03. The number of nitrogens with one attached hydrogen (secondary N) is 1. The van der Waals surface area contributed by atoms with Crippen molar-refractivity contribution >= 4 is 11.8 Å². The number of rotatable bonds is 1. The van der Waals surface area contributed by atoms with E-state index in [1.807, 2.05) is 4.90 Å². The monoisotopic (exact) mass is 402 g/mol. The standard InChI is InChI=1S/C13H19F3N4.C2HF3O2/c1-12(2,3)10-8-20(5-4-17-10)11-7-18-9(6-19-11)13(14,15)16;3-2(4,5)1(6)7/h6-7,10,17H,4-5,8H2,1-3H3;(H,6,7). The van der Waals surface area contributed by atoms with Crippen molar-refractivity contribution in [2.75, 3.05) is 24.5 Å². The summed E-state index contributed by atoms with van der Waals surface area (Å²) in [6.45, 7) is 8.60. The summed E-state index contributed by atoms with van der Waals surface area (Å²) in [4.78, 5) is 18.2. The van der Waals surface area contributed by atoms with Crippen LogP contribution >= 0.6 is 0 Å². The molecule has 1 aliphatic heterocycles. The van der Waals surface area contributed by atoms with Crippen LogP contribution in [0.2, 0.25) is 0 Å². The molecule has 2 N–H and O–H groups in total. The van der Waals surface area contributed by atoms with Gasteiger partial charge in [0.25, 0.3) is 0 Å². The molecule has 154 valence electrons. The molecule has 27 heavy (non-hydrogen) atoms. The lowest BCUT2D eigenvalue weighted by Crippen LogP contribution is -2.56. The van der Waals surface area contributed by atoms with E-state index in [1.54, 1.807) is 0 Å². The SMILES string of the molecule is CC(C)(C)C1CN(c2cnc(C(F)(F)F)cn2)CCN1.O=C(O)C(F)(F)F. The van der Waals surface area contributed by atoms with E-state index in [9.17, 15) is 26.3 Å². The average molecular weight is 402 g/mol. The lowest BCUT2D eigenvalue weighted by molar-refractivity contribution is -0.192. The summed E-state index contributed by atoms with van der Waals surface area (Å²) in [5.41, 5.74) is -0.873. The molecule has 0 amide bonds. The van der Waals surface area contributed by atoms with Gasteiger partial charge in [0.15, 0.2) is 5.69 Å². The predicted octanol–water partition coefficient (Wildman–Crippen LogP) is 2.95. The van der Waals surface area contributed by atoms with Gasteiger partial charge in [-0.05, 0) is 5.41 Å². The Morgan fingerprint density at radius 3 is 2.07 bits per heavy atom. The maximum absolute atomic E-state index is 12.5. The van der Waals surface area contributed by atoms with Crippen molar-refractivity contribution in [2.24, 2.45) is 5.41 Å². The molecule has 1 aliphatic rings. The maximum Gasteiger partial charge on any atom is 0.490 e.